The molecule has 2 N–H and O–H groups in total. The van der Waals surface area contributed by atoms with E-state index in [1.165, 1.54) is 19.3 Å². The molecule has 25 heavy (non-hydrogen) atoms. The maximum atomic E-state index is 5.56. The largest absolute Gasteiger partial charge is 0.381 e. The average molecular weight is 348 g/mol. The molecular weight excluding hydrogens is 314 g/mol. The number of anilines is 1. The molecule has 0 bridgehead atoms. The van der Waals surface area contributed by atoms with Crippen LogP contribution in [0.1, 0.15) is 44.6 Å². The van der Waals surface area contributed by atoms with E-state index in [2.05, 4.69) is 44.6 Å². The van der Waals surface area contributed by atoms with E-state index in [9.17, 15) is 0 Å². The molecule has 1 aromatic heterocycles. The summed E-state index contributed by atoms with van der Waals surface area (Å²) >= 11 is 0. The second kappa shape index (κ2) is 11.7. The lowest BCUT2D eigenvalue weighted by molar-refractivity contribution is 0.129. The molecule has 1 aliphatic rings. The number of rotatable bonds is 10. The van der Waals surface area contributed by atoms with Gasteiger partial charge in [0, 0.05) is 52.6 Å². The lowest BCUT2D eigenvalue weighted by Gasteiger charge is -2.16. The van der Waals surface area contributed by atoms with Crippen LogP contribution in [-0.2, 0) is 11.3 Å². The van der Waals surface area contributed by atoms with Gasteiger partial charge < -0.3 is 20.3 Å². The number of aromatic nitrogens is 1. The Morgan fingerprint density at radius 2 is 2.00 bits per heavy atom. The lowest BCUT2D eigenvalue weighted by Crippen LogP contribution is -2.37. The third-order valence-corrected chi connectivity index (χ3v) is 4.32. The summed E-state index contributed by atoms with van der Waals surface area (Å²) in [5, 5.41) is 6.65. The first-order valence-corrected chi connectivity index (χ1v) is 9.55. The molecule has 0 amide bonds. The van der Waals surface area contributed by atoms with Crippen molar-refractivity contribution >= 4 is 11.8 Å². The summed E-state index contributed by atoms with van der Waals surface area (Å²) in [6, 6.07) is 4.26. The van der Waals surface area contributed by atoms with Crippen molar-refractivity contribution in [1.82, 2.24) is 15.6 Å². The molecule has 1 aliphatic heterocycles. The summed E-state index contributed by atoms with van der Waals surface area (Å²) in [6.45, 7) is 7.68. The van der Waals surface area contributed by atoms with E-state index in [1.54, 1.807) is 7.05 Å². The van der Waals surface area contributed by atoms with Crippen molar-refractivity contribution in [3.8, 4) is 0 Å². The van der Waals surface area contributed by atoms with Gasteiger partial charge in [0.1, 0.15) is 5.82 Å². The standard InChI is InChI=1S/C19H33N5O/c1-3-4-13-25-14-7-10-21-19(20-2)23-16-17-8-9-18(22-15-17)24-11-5-6-12-24/h8-9,15H,3-7,10-14,16H2,1-2H3,(H2,20,21,23). The Kier molecular flexibility index (Phi) is 9.12. The second-order valence-electron chi connectivity index (χ2n) is 6.39. The van der Waals surface area contributed by atoms with Crippen LogP contribution in [0.5, 0.6) is 0 Å². The van der Waals surface area contributed by atoms with Crippen molar-refractivity contribution in [2.24, 2.45) is 4.99 Å². The third kappa shape index (κ3) is 7.30. The van der Waals surface area contributed by atoms with Gasteiger partial charge in [-0.25, -0.2) is 4.98 Å². The number of nitrogens with one attached hydrogen (secondary N) is 2. The van der Waals surface area contributed by atoms with Crippen molar-refractivity contribution in [2.75, 3.05) is 44.8 Å². The minimum Gasteiger partial charge on any atom is -0.381 e. The lowest BCUT2D eigenvalue weighted by atomic mass is 10.3. The number of hydrogen-bond acceptors (Lipinski definition) is 4. The van der Waals surface area contributed by atoms with Gasteiger partial charge in [-0.05, 0) is 37.3 Å². The van der Waals surface area contributed by atoms with Crippen molar-refractivity contribution in [2.45, 2.75) is 45.6 Å². The van der Waals surface area contributed by atoms with Crippen LogP contribution in [0.3, 0.4) is 0 Å². The molecule has 0 unspecified atom stereocenters. The fraction of sp³-hybridized carbons (Fsp3) is 0.684. The summed E-state index contributed by atoms with van der Waals surface area (Å²) in [7, 11) is 1.79. The van der Waals surface area contributed by atoms with Gasteiger partial charge in [0.25, 0.3) is 0 Å². The first-order valence-electron chi connectivity index (χ1n) is 9.55. The monoisotopic (exact) mass is 347 g/mol. The van der Waals surface area contributed by atoms with Gasteiger partial charge in [-0.3, -0.25) is 4.99 Å². The Morgan fingerprint density at radius 3 is 2.68 bits per heavy atom. The predicted octanol–water partition coefficient (Wildman–Crippen LogP) is 2.55. The van der Waals surface area contributed by atoms with Crippen LogP contribution >= 0.6 is 0 Å². The summed E-state index contributed by atoms with van der Waals surface area (Å²) in [6.07, 6.45) is 7.81. The van der Waals surface area contributed by atoms with Gasteiger partial charge in [-0.2, -0.15) is 0 Å². The normalized spacial score (nSPS) is 14.8. The molecule has 2 rings (SSSR count). The zero-order chi connectivity index (χ0) is 17.7. The van der Waals surface area contributed by atoms with Crippen LogP contribution in [0, 0.1) is 0 Å². The van der Waals surface area contributed by atoms with E-state index < -0.39 is 0 Å². The summed E-state index contributed by atoms with van der Waals surface area (Å²) in [5.74, 6) is 1.91. The predicted molar refractivity (Wildman–Crippen MR) is 104 cm³/mol. The van der Waals surface area contributed by atoms with E-state index in [1.807, 2.05) is 6.20 Å². The van der Waals surface area contributed by atoms with Crippen LogP contribution < -0.4 is 15.5 Å². The molecule has 0 aliphatic carbocycles. The third-order valence-electron chi connectivity index (χ3n) is 4.32. The Bertz CT molecular complexity index is 497. The molecule has 1 saturated heterocycles. The first kappa shape index (κ1) is 19.5. The summed E-state index contributed by atoms with van der Waals surface area (Å²) in [4.78, 5) is 11.2. The molecule has 1 aromatic rings. The number of ether oxygens (including phenoxy) is 1. The number of guanidine groups is 1. The van der Waals surface area contributed by atoms with Crippen LogP contribution in [0.25, 0.3) is 0 Å². The molecule has 0 atom stereocenters. The Labute approximate surface area is 152 Å². The van der Waals surface area contributed by atoms with Gasteiger partial charge in [-0.15, -0.1) is 0 Å². The van der Waals surface area contributed by atoms with Crippen LogP contribution in [0.15, 0.2) is 23.3 Å². The minimum absolute atomic E-state index is 0.722. The molecule has 140 valence electrons. The Balaban J connectivity index is 1.63. The average Bonchev–Trinajstić information content (AvgIpc) is 3.18. The van der Waals surface area contributed by atoms with Crippen LogP contribution in [-0.4, -0.2) is 50.8 Å². The molecule has 6 heteroatoms. The number of nitrogens with zero attached hydrogens (tertiary/aromatic N) is 3. The van der Waals surface area contributed by atoms with E-state index in [0.29, 0.717) is 0 Å². The van der Waals surface area contributed by atoms with E-state index in [4.69, 9.17) is 4.74 Å². The Hall–Kier alpha value is -1.82. The van der Waals surface area contributed by atoms with E-state index >= 15 is 0 Å². The zero-order valence-electron chi connectivity index (χ0n) is 15.8. The highest BCUT2D eigenvalue weighted by atomic mass is 16.5. The van der Waals surface area contributed by atoms with Gasteiger partial charge in [0.15, 0.2) is 5.96 Å². The fourth-order valence-electron chi connectivity index (χ4n) is 2.79. The van der Waals surface area contributed by atoms with Crippen molar-refractivity contribution in [1.29, 1.82) is 0 Å². The van der Waals surface area contributed by atoms with Crippen molar-refractivity contribution in [3.05, 3.63) is 23.9 Å². The minimum atomic E-state index is 0.722. The van der Waals surface area contributed by atoms with Crippen LogP contribution in [0.4, 0.5) is 5.82 Å². The Morgan fingerprint density at radius 1 is 1.20 bits per heavy atom. The first-order chi connectivity index (χ1) is 12.3. The summed E-state index contributed by atoms with van der Waals surface area (Å²) < 4.78 is 5.56. The molecular formula is C19H33N5O. The number of hydrogen-bond donors (Lipinski definition) is 2. The quantitative estimate of drug-likeness (QED) is 0.387. The summed E-state index contributed by atoms with van der Waals surface area (Å²) in [5.41, 5.74) is 1.16. The molecule has 1 fully saturated rings. The SMILES string of the molecule is CCCCOCCCNC(=NC)NCc1ccc(N2CCCC2)nc1. The van der Waals surface area contributed by atoms with Gasteiger partial charge in [0.2, 0.25) is 0 Å². The fourth-order valence-corrected chi connectivity index (χ4v) is 2.79. The highest BCUT2D eigenvalue weighted by Crippen LogP contribution is 2.17. The number of pyridine rings is 1. The smallest absolute Gasteiger partial charge is 0.191 e. The van der Waals surface area contributed by atoms with Crippen molar-refractivity contribution < 1.29 is 4.74 Å². The molecule has 0 aromatic carbocycles. The molecule has 0 spiro atoms. The molecule has 0 radical (unpaired) electrons. The van der Waals surface area contributed by atoms with E-state index in [0.717, 1.165) is 69.6 Å². The van der Waals surface area contributed by atoms with Gasteiger partial charge >= 0.3 is 0 Å². The van der Waals surface area contributed by atoms with Crippen LogP contribution in [0.2, 0.25) is 0 Å². The zero-order valence-corrected chi connectivity index (χ0v) is 15.8. The van der Waals surface area contributed by atoms with Gasteiger partial charge in [-0.1, -0.05) is 19.4 Å². The van der Waals surface area contributed by atoms with E-state index in [-0.39, 0.29) is 0 Å². The highest BCUT2D eigenvalue weighted by Gasteiger charge is 2.12. The van der Waals surface area contributed by atoms with Crippen molar-refractivity contribution in [3.63, 3.8) is 0 Å². The molecule has 0 saturated carbocycles. The second-order valence-corrected chi connectivity index (χ2v) is 6.39. The van der Waals surface area contributed by atoms with Gasteiger partial charge in [0.05, 0.1) is 0 Å². The molecule has 2 heterocycles. The highest BCUT2D eigenvalue weighted by molar-refractivity contribution is 5.79. The maximum Gasteiger partial charge on any atom is 0.191 e. The topological polar surface area (TPSA) is 61.8 Å². The number of aliphatic imine (C=N–C) groups is 1. The molecule has 6 nitrogen and oxygen atoms in total. The maximum absolute atomic E-state index is 5.56. The number of unbranched alkanes of at least 4 members (excludes halogenated alkanes) is 1.